The number of rotatable bonds is 6. The van der Waals surface area contributed by atoms with Crippen molar-refractivity contribution in [2.75, 3.05) is 26.5 Å². The molecule has 1 atom stereocenters. The summed E-state index contributed by atoms with van der Waals surface area (Å²) in [4.78, 5) is 14.3. The van der Waals surface area contributed by atoms with Gasteiger partial charge in [0.25, 0.3) is 0 Å². The Morgan fingerprint density at radius 1 is 1.29 bits per heavy atom. The van der Waals surface area contributed by atoms with Crippen molar-refractivity contribution < 1.29 is 14.3 Å². The van der Waals surface area contributed by atoms with Crippen LogP contribution in [0.15, 0.2) is 18.2 Å². The van der Waals surface area contributed by atoms with E-state index >= 15 is 0 Å². The van der Waals surface area contributed by atoms with Gasteiger partial charge >= 0.3 is 0 Å². The van der Waals surface area contributed by atoms with Crippen LogP contribution in [0.4, 0.5) is 0 Å². The van der Waals surface area contributed by atoms with Gasteiger partial charge in [-0.15, -0.1) is 11.8 Å². The molecule has 0 bridgehead atoms. The van der Waals surface area contributed by atoms with Crippen LogP contribution in [0, 0.1) is 0 Å². The zero-order valence-electron chi connectivity index (χ0n) is 12.9. The topological polar surface area (TPSA) is 38.8 Å². The maximum atomic E-state index is 12.3. The molecular weight excluding hydrogens is 286 g/mol. The third-order valence-corrected chi connectivity index (χ3v) is 4.88. The van der Waals surface area contributed by atoms with Crippen LogP contribution in [0.25, 0.3) is 0 Å². The molecule has 4 nitrogen and oxygen atoms in total. The van der Waals surface area contributed by atoms with E-state index in [2.05, 4.69) is 6.92 Å². The Labute approximate surface area is 130 Å². The summed E-state index contributed by atoms with van der Waals surface area (Å²) < 4.78 is 10.6. The van der Waals surface area contributed by atoms with Crippen molar-refractivity contribution >= 4 is 17.7 Å². The number of carbonyl (C=O) groups is 1. The number of nitrogens with zero attached hydrogens (tertiary/aromatic N) is 1. The Morgan fingerprint density at radius 3 is 2.52 bits per heavy atom. The maximum Gasteiger partial charge on any atom is 0.223 e. The van der Waals surface area contributed by atoms with Crippen molar-refractivity contribution in [2.45, 2.75) is 31.6 Å². The van der Waals surface area contributed by atoms with Crippen LogP contribution in [0.2, 0.25) is 0 Å². The van der Waals surface area contributed by atoms with Crippen molar-refractivity contribution in [3.8, 4) is 11.5 Å². The molecule has 1 heterocycles. The lowest BCUT2D eigenvalue weighted by molar-refractivity contribution is -0.131. The number of methoxy groups -OCH3 is 2. The number of benzene rings is 1. The van der Waals surface area contributed by atoms with Gasteiger partial charge in [0.05, 0.1) is 14.2 Å². The first-order valence-corrected chi connectivity index (χ1v) is 8.38. The lowest BCUT2D eigenvalue weighted by atomic mass is 10.1. The quantitative estimate of drug-likeness (QED) is 0.806. The second-order valence-corrected chi connectivity index (χ2v) is 6.25. The molecule has 5 heteroatoms. The van der Waals surface area contributed by atoms with Crippen molar-refractivity contribution in [1.29, 1.82) is 0 Å². The predicted molar refractivity (Wildman–Crippen MR) is 86.0 cm³/mol. The summed E-state index contributed by atoms with van der Waals surface area (Å²) in [7, 11) is 3.29. The number of thioether (sulfide) groups is 1. The van der Waals surface area contributed by atoms with E-state index in [4.69, 9.17) is 9.47 Å². The summed E-state index contributed by atoms with van der Waals surface area (Å²) in [5.74, 6) is 2.74. The highest BCUT2D eigenvalue weighted by Crippen LogP contribution is 2.40. The van der Waals surface area contributed by atoms with E-state index in [1.165, 1.54) is 0 Å². The number of amides is 1. The molecule has 1 aromatic carbocycles. The van der Waals surface area contributed by atoms with Gasteiger partial charge in [0, 0.05) is 24.8 Å². The van der Waals surface area contributed by atoms with E-state index < -0.39 is 0 Å². The minimum Gasteiger partial charge on any atom is -0.497 e. The van der Waals surface area contributed by atoms with E-state index in [1.54, 1.807) is 26.0 Å². The Morgan fingerprint density at radius 2 is 1.95 bits per heavy atom. The molecule has 116 valence electrons. The van der Waals surface area contributed by atoms with E-state index in [0.29, 0.717) is 6.42 Å². The van der Waals surface area contributed by atoms with Gasteiger partial charge in [-0.1, -0.05) is 13.3 Å². The van der Waals surface area contributed by atoms with Crippen molar-refractivity contribution in [3.63, 3.8) is 0 Å². The van der Waals surface area contributed by atoms with Crippen LogP contribution in [-0.2, 0) is 4.79 Å². The van der Waals surface area contributed by atoms with Crippen LogP contribution in [0.3, 0.4) is 0 Å². The van der Waals surface area contributed by atoms with Gasteiger partial charge in [0.2, 0.25) is 5.91 Å². The number of hydrogen-bond acceptors (Lipinski definition) is 4. The Bertz CT molecular complexity index is 470. The zero-order valence-corrected chi connectivity index (χ0v) is 13.7. The monoisotopic (exact) mass is 309 g/mol. The van der Waals surface area contributed by atoms with Gasteiger partial charge in [0.1, 0.15) is 16.9 Å². The molecule has 0 aliphatic carbocycles. The SMILES string of the molecule is CCCCC(=O)N1CCSC1c1cc(OC)cc(OC)c1. The van der Waals surface area contributed by atoms with Crippen LogP contribution in [-0.4, -0.2) is 37.3 Å². The lowest BCUT2D eigenvalue weighted by Gasteiger charge is -2.25. The highest BCUT2D eigenvalue weighted by molar-refractivity contribution is 7.99. The van der Waals surface area contributed by atoms with E-state index in [1.807, 2.05) is 23.1 Å². The molecule has 0 spiro atoms. The molecule has 2 rings (SSSR count). The van der Waals surface area contributed by atoms with E-state index in [0.717, 1.165) is 42.2 Å². The molecule has 0 saturated carbocycles. The number of hydrogen-bond donors (Lipinski definition) is 0. The molecule has 21 heavy (non-hydrogen) atoms. The van der Waals surface area contributed by atoms with Crippen molar-refractivity contribution in [3.05, 3.63) is 23.8 Å². The van der Waals surface area contributed by atoms with E-state index in [9.17, 15) is 4.79 Å². The third kappa shape index (κ3) is 3.84. The van der Waals surface area contributed by atoms with Gasteiger partial charge in [-0.05, 0) is 24.1 Å². The second-order valence-electron chi connectivity index (χ2n) is 5.06. The first-order chi connectivity index (χ1) is 10.2. The van der Waals surface area contributed by atoms with Gasteiger partial charge < -0.3 is 14.4 Å². The summed E-state index contributed by atoms with van der Waals surface area (Å²) in [6.45, 7) is 2.92. The molecule has 1 fully saturated rings. The van der Waals surface area contributed by atoms with Gasteiger partial charge in [-0.3, -0.25) is 4.79 Å². The fraction of sp³-hybridized carbons (Fsp3) is 0.562. The molecular formula is C16H23NO3S. The van der Waals surface area contributed by atoms with Crippen LogP contribution < -0.4 is 9.47 Å². The Hall–Kier alpha value is -1.36. The predicted octanol–water partition coefficient (Wildman–Crippen LogP) is 3.47. The molecule has 0 aromatic heterocycles. The average Bonchev–Trinajstić information content (AvgIpc) is 3.01. The zero-order chi connectivity index (χ0) is 15.2. The summed E-state index contributed by atoms with van der Waals surface area (Å²) in [5, 5.41) is 0.0679. The first-order valence-electron chi connectivity index (χ1n) is 7.33. The molecule has 1 aliphatic heterocycles. The average molecular weight is 309 g/mol. The standard InChI is InChI=1S/C16H23NO3S/c1-4-5-6-15(18)17-7-8-21-16(17)12-9-13(19-2)11-14(10-12)20-3/h9-11,16H,4-8H2,1-3H3. The molecule has 1 saturated heterocycles. The van der Waals surface area contributed by atoms with Gasteiger partial charge in [-0.2, -0.15) is 0 Å². The second kappa shape index (κ2) is 7.59. The number of carbonyl (C=O) groups excluding carboxylic acids is 1. The Kier molecular flexibility index (Phi) is 5.79. The third-order valence-electron chi connectivity index (χ3n) is 3.61. The normalized spacial score (nSPS) is 17.9. The fourth-order valence-corrected chi connectivity index (χ4v) is 3.70. The van der Waals surface area contributed by atoms with Crippen molar-refractivity contribution in [1.82, 2.24) is 4.90 Å². The smallest absolute Gasteiger partial charge is 0.223 e. The number of ether oxygens (including phenoxy) is 2. The van der Waals surface area contributed by atoms with Crippen LogP contribution in [0.5, 0.6) is 11.5 Å². The van der Waals surface area contributed by atoms with Crippen LogP contribution >= 0.6 is 11.8 Å². The Balaban J connectivity index is 2.21. The van der Waals surface area contributed by atoms with E-state index in [-0.39, 0.29) is 11.3 Å². The first kappa shape index (κ1) is 16.0. The largest absolute Gasteiger partial charge is 0.497 e. The summed E-state index contributed by atoms with van der Waals surface area (Å²) in [6, 6.07) is 5.84. The summed E-state index contributed by atoms with van der Waals surface area (Å²) in [6.07, 6.45) is 2.63. The highest BCUT2D eigenvalue weighted by Gasteiger charge is 2.30. The minimum atomic E-state index is 0.0679. The van der Waals surface area contributed by atoms with Gasteiger partial charge in [0.15, 0.2) is 0 Å². The molecule has 1 aromatic rings. The number of unbranched alkanes of at least 4 members (excludes halogenated alkanes) is 1. The lowest BCUT2D eigenvalue weighted by Crippen LogP contribution is -2.30. The van der Waals surface area contributed by atoms with Crippen LogP contribution in [0.1, 0.15) is 37.1 Å². The summed E-state index contributed by atoms with van der Waals surface area (Å²) in [5.41, 5.74) is 1.07. The summed E-state index contributed by atoms with van der Waals surface area (Å²) >= 11 is 1.80. The van der Waals surface area contributed by atoms with Gasteiger partial charge in [-0.25, -0.2) is 0 Å². The molecule has 0 N–H and O–H groups in total. The fourth-order valence-electron chi connectivity index (χ4n) is 2.45. The maximum absolute atomic E-state index is 12.3. The van der Waals surface area contributed by atoms with Crippen molar-refractivity contribution in [2.24, 2.45) is 0 Å². The minimum absolute atomic E-state index is 0.0679. The molecule has 1 amide bonds. The molecule has 1 unspecified atom stereocenters. The highest BCUT2D eigenvalue weighted by atomic mass is 32.2. The molecule has 0 radical (unpaired) electrons. The molecule has 1 aliphatic rings.